The molecule has 0 atom stereocenters. The highest BCUT2D eigenvalue weighted by molar-refractivity contribution is 5.25. The van der Waals surface area contributed by atoms with Crippen molar-refractivity contribution in [3.63, 3.8) is 0 Å². The van der Waals surface area contributed by atoms with Gasteiger partial charge in [-0.05, 0) is 0 Å². The quantitative estimate of drug-likeness (QED) is 0.600. The standard InChI is InChI=1S/C8H11N3O2/c9-3-7-5-4-13-2-1-6(5)10-8(12)11-7/h1-4,9H2,(H,10,11,12). The van der Waals surface area contributed by atoms with Crippen molar-refractivity contribution >= 4 is 0 Å². The van der Waals surface area contributed by atoms with E-state index in [1.54, 1.807) is 0 Å². The predicted molar refractivity (Wildman–Crippen MR) is 46.1 cm³/mol. The third-order valence-electron chi connectivity index (χ3n) is 2.14. The molecule has 0 spiro atoms. The fourth-order valence-corrected chi connectivity index (χ4v) is 1.50. The molecule has 2 heterocycles. The van der Waals surface area contributed by atoms with Crippen LogP contribution in [0.4, 0.5) is 0 Å². The lowest BCUT2D eigenvalue weighted by atomic mass is 10.1. The van der Waals surface area contributed by atoms with Crippen LogP contribution in [-0.4, -0.2) is 16.6 Å². The third-order valence-corrected chi connectivity index (χ3v) is 2.14. The minimum atomic E-state index is -0.318. The Morgan fingerprint density at radius 3 is 3.23 bits per heavy atom. The normalized spacial score (nSPS) is 15.5. The highest BCUT2D eigenvalue weighted by Gasteiger charge is 2.14. The molecule has 5 nitrogen and oxygen atoms in total. The number of nitrogens with zero attached hydrogens (tertiary/aromatic N) is 1. The summed E-state index contributed by atoms with van der Waals surface area (Å²) in [5.74, 6) is 0. The van der Waals surface area contributed by atoms with E-state index in [1.807, 2.05) is 0 Å². The Balaban J connectivity index is 2.57. The SMILES string of the molecule is NCc1nc(=O)[nH]c2c1COCC2. The number of rotatable bonds is 1. The lowest BCUT2D eigenvalue weighted by molar-refractivity contribution is 0.108. The fraction of sp³-hybridized carbons (Fsp3) is 0.500. The van der Waals surface area contributed by atoms with E-state index in [4.69, 9.17) is 10.5 Å². The number of aromatic amines is 1. The maximum Gasteiger partial charge on any atom is 0.345 e. The maximum atomic E-state index is 11.1. The highest BCUT2D eigenvalue weighted by Crippen LogP contribution is 2.14. The number of nitrogens with one attached hydrogen (secondary N) is 1. The zero-order chi connectivity index (χ0) is 9.26. The van der Waals surface area contributed by atoms with Gasteiger partial charge in [0.1, 0.15) is 0 Å². The van der Waals surface area contributed by atoms with Gasteiger partial charge in [-0.2, -0.15) is 4.98 Å². The summed E-state index contributed by atoms with van der Waals surface area (Å²) in [5, 5.41) is 0. The Bertz CT molecular complexity index is 352. The molecule has 0 fully saturated rings. The van der Waals surface area contributed by atoms with E-state index in [-0.39, 0.29) is 12.2 Å². The Morgan fingerprint density at radius 2 is 2.46 bits per heavy atom. The van der Waals surface area contributed by atoms with Gasteiger partial charge in [0.25, 0.3) is 0 Å². The average molecular weight is 181 g/mol. The number of H-pyrrole nitrogens is 1. The van der Waals surface area contributed by atoms with Crippen molar-refractivity contribution in [2.45, 2.75) is 19.6 Å². The van der Waals surface area contributed by atoms with Gasteiger partial charge in [0, 0.05) is 24.2 Å². The second-order valence-electron chi connectivity index (χ2n) is 2.95. The van der Waals surface area contributed by atoms with Crippen molar-refractivity contribution < 1.29 is 4.74 Å². The molecular weight excluding hydrogens is 170 g/mol. The average Bonchev–Trinajstić information content (AvgIpc) is 2.16. The summed E-state index contributed by atoms with van der Waals surface area (Å²) >= 11 is 0. The number of hydrogen-bond acceptors (Lipinski definition) is 4. The Labute approximate surface area is 74.9 Å². The zero-order valence-corrected chi connectivity index (χ0v) is 7.17. The van der Waals surface area contributed by atoms with Crippen LogP contribution in [0.5, 0.6) is 0 Å². The molecule has 5 heteroatoms. The summed E-state index contributed by atoms with van der Waals surface area (Å²) in [6.45, 7) is 1.44. The number of nitrogens with two attached hydrogens (primary N) is 1. The zero-order valence-electron chi connectivity index (χ0n) is 7.17. The minimum Gasteiger partial charge on any atom is -0.376 e. The van der Waals surface area contributed by atoms with Crippen molar-refractivity contribution in [3.8, 4) is 0 Å². The summed E-state index contributed by atoms with van der Waals surface area (Å²) in [6, 6.07) is 0. The fourth-order valence-electron chi connectivity index (χ4n) is 1.50. The van der Waals surface area contributed by atoms with Gasteiger partial charge in [-0.1, -0.05) is 0 Å². The van der Waals surface area contributed by atoms with Gasteiger partial charge in [0.15, 0.2) is 0 Å². The van der Waals surface area contributed by atoms with Crippen molar-refractivity contribution in [2.75, 3.05) is 6.61 Å². The van der Waals surface area contributed by atoms with Crippen LogP contribution >= 0.6 is 0 Å². The summed E-state index contributed by atoms with van der Waals surface area (Å²) < 4.78 is 5.26. The van der Waals surface area contributed by atoms with Crippen molar-refractivity contribution in [3.05, 3.63) is 27.4 Å². The summed E-state index contributed by atoms with van der Waals surface area (Å²) in [7, 11) is 0. The Hall–Kier alpha value is -1.20. The van der Waals surface area contributed by atoms with E-state index in [0.717, 1.165) is 17.7 Å². The van der Waals surface area contributed by atoms with Crippen molar-refractivity contribution in [2.24, 2.45) is 5.73 Å². The number of aromatic nitrogens is 2. The lowest BCUT2D eigenvalue weighted by Crippen LogP contribution is -2.24. The largest absolute Gasteiger partial charge is 0.376 e. The molecule has 70 valence electrons. The van der Waals surface area contributed by atoms with Crippen LogP contribution in [0.3, 0.4) is 0 Å². The summed E-state index contributed by atoms with van der Waals surface area (Å²) in [4.78, 5) is 17.5. The van der Waals surface area contributed by atoms with E-state index < -0.39 is 0 Å². The topological polar surface area (TPSA) is 81.0 Å². The van der Waals surface area contributed by atoms with Crippen LogP contribution in [0.2, 0.25) is 0 Å². The van der Waals surface area contributed by atoms with Gasteiger partial charge in [0.05, 0.1) is 18.9 Å². The monoisotopic (exact) mass is 181 g/mol. The molecule has 0 aromatic carbocycles. The van der Waals surface area contributed by atoms with Gasteiger partial charge in [0.2, 0.25) is 0 Å². The van der Waals surface area contributed by atoms with Gasteiger partial charge >= 0.3 is 5.69 Å². The first kappa shape index (κ1) is 8.40. The van der Waals surface area contributed by atoms with Crippen LogP contribution in [-0.2, 0) is 24.3 Å². The van der Waals surface area contributed by atoms with Gasteiger partial charge in [-0.15, -0.1) is 0 Å². The van der Waals surface area contributed by atoms with E-state index >= 15 is 0 Å². The first-order valence-corrected chi connectivity index (χ1v) is 4.20. The molecule has 0 saturated carbocycles. The smallest absolute Gasteiger partial charge is 0.345 e. The second kappa shape index (κ2) is 3.27. The molecule has 13 heavy (non-hydrogen) atoms. The first-order valence-electron chi connectivity index (χ1n) is 4.20. The molecule has 3 N–H and O–H groups in total. The van der Waals surface area contributed by atoms with Crippen LogP contribution < -0.4 is 11.4 Å². The molecule has 1 aromatic heterocycles. The molecule has 0 saturated heterocycles. The second-order valence-corrected chi connectivity index (χ2v) is 2.95. The van der Waals surface area contributed by atoms with Gasteiger partial charge in [-0.25, -0.2) is 4.79 Å². The van der Waals surface area contributed by atoms with E-state index in [2.05, 4.69) is 9.97 Å². The van der Waals surface area contributed by atoms with Crippen LogP contribution in [0.1, 0.15) is 17.0 Å². The highest BCUT2D eigenvalue weighted by atomic mass is 16.5. The number of ether oxygens (including phenoxy) is 1. The van der Waals surface area contributed by atoms with Gasteiger partial charge < -0.3 is 15.5 Å². The summed E-state index contributed by atoms with van der Waals surface area (Å²) in [5.41, 5.74) is 7.68. The Morgan fingerprint density at radius 1 is 1.62 bits per heavy atom. The maximum absolute atomic E-state index is 11.1. The third kappa shape index (κ3) is 1.48. The van der Waals surface area contributed by atoms with Crippen molar-refractivity contribution in [1.82, 2.24) is 9.97 Å². The van der Waals surface area contributed by atoms with Gasteiger partial charge in [-0.3, -0.25) is 0 Å². The molecule has 0 bridgehead atoms. The van der Waals surface area contributed by atoms with E-state index in [1.165, 1.54) is 0 Å². The molecule has 0 radical (unpaired) electrons. The number of fused-ring (bicyclic) bond motifs is 1. The van der Waals surface area contributed by atoms with Crippen molar-refractivity contribution in [1.29, 1.82) is 0 Å². The minimum absolute atomic E-state index is 0.287. The number of hydrogen-bond donors (Lipinski definition) is 2. The lowest BCUT2D eigenvalue weighted by Gasteiger charge is -2.17. The van der Waals surface area contributed by atoms with E-state index in [9.17, 15) is 4.79 Å². The molecule has 0 amide bonds. The van der Waals surface area contributed by atoms with Crippen LogP contribution in [0, 0.1) is 0 Å². The summed E-state index contributed by atoms with van der Waals surface area (Å²) in [6.07, 6.45) is 0.736. The van der Waals surface area contributed by atoms with E-state index in [0.29, 0.717) is 18.9 Å². The molecule has 0 unspecified atom stereocenters. The molecule has 0 aliphatic carbocycles. The molecule has 2 rings (SSSR count). The molecule has 1 aliphatic heterocycles. The molecule has 1 aliphatic rings. The first-order chi connectivity index (χ1) is 6.31. The predicted octanol–water partition coefficient (Wildman–Crippen LogP) is -0.699. The molecular formula is C8H11N3O2. The Kier molecular flexibility index (Phi) is 2.12. The molecule has 1 aromatic rings. The van der Waals surface area contributed by atoms with Crippen LogP contribution in [0.25, 0.3) is 0 Å². The van der Waals surface area contributed by atoms with Crippen LogP contribution in [0.15, 0.2) is 4.79 Å².